The number of aliphatic carboxylic acids is 1. The molecule has 0 unspecified atom stereocenters. The van der Waals surface area contributed by atoms with Crippen LogP contribution in [0.15, 0.2) is 40.2 Å². The fraction of sp³-hybridized carbons (Fsp3) is 0.0769. The molecule has 0 amide bonds. The minimum Gasteiger partial charge on any atom is -0.545 e. The van der Waals surface area contributed by atoms with Crippen molar-refractivity contribution >= 4 is 53.0 Å². The van der Waals surface area contributed by atoms with Crippen LogP contribution in [0.5, 0.6) is 0 Å². The molecule has 0 spiro atoms. The number of carbonyl (C=O) groups excluding carboxylic acids is 2. The molecular weight excluding hydrogens is 304 g/mol. The maximum absolute atomic E-state index is 11.8. The first kappa shape index (κ1) is 14.2. The number of carboxylic acids is 1. The monoisotopic (exact) mass is 311 g/mol. The predicted molar refractivity (Wildman–Crippen MR) is 77.6 cm³/mol. The third-order valence-electron chi connectivity index (χ3n) is 2.33. The van der Waals surface area contributed by atoms with Crippen molar-refractivity contribution in [1.82, 2.24) is 0 Å². The van der Waals surface area contributed by atoms with Crippen molar-refractivity contribution in [2.24, 2.45) is 0 Å². The van der Waals surface area contributed by atoms with E-state index < -0.39 is 11.8 Å². The molecular formula is C13H8ClO3S2-. The zero-order valence-electron chi connectivity index (χ0n) is 9.59. The third-order valence-corrected chi connectivity index (χ3v) is 5.17. The third kappa shape index (κ3) is 3.65. The molecule has 1 aliphatic rings. The number of hydrogen-bond donors (Lipinski definition) is 0. The average Bonchev–Trinajstić information content (AvgIpc) is 2.32. The van der Waals surface area contributed by atoms with E-state index in [1.54, 1.807) is 30.3 Å². The molecule has 0 aromatic heterocycles. The Kier molecular flexibility index (Phi) is 4.74. The largest absolute Gasteiger partial charge is 0.545 e. The van der Waals surface area contributed by atoms with Crippen LogP contribution in [-0.4, -0.2) is 16.8 Å². The van der Waals surface area contributed by atoms with Crippen LogP contribution in [0.4, 0.5) is 0 Å². The first-order chi connectivity index (χ1) is 9.08. The Morgan fingerprint density at radius 2 is 1.84 bits per heavy atom. The lowest BCUT2D eigenvalue weighted by molar-refractivity contribution is -0.298. The minimum absolute atomic E-state index is 0.258. The Bertz CT molecular complexity index is 570. The summed E-state index contributed by atoms with van der Waals surface area (Å²) in [5.74, 6) is -1.98. The fourth-order valence-electron chi connectivity index (χ4n) is 1.38. The molecule has 2 rings (SSSR count). The molecule has 0 saturated carbocycles. The second-order valence-corrected chi connectivity index (χ2v) is 6.64. The van der Waals surface area contributed by atoms with Crippen LogP contribution in [0, 0.1) is 0 Å². The molecule has 1 aliphatic heterocycles. The topological polar surface area (TPSA) is 57.2 Å². The molecule has 3 nitrogen and oxygen atoms in total. The van der Waals surface area contributed by atoms with Gasteiger partial charge in [0.25, 0.3) is 0 Å². The average molecular weight is 312 g/mol. The quantitative estimate of drug-likeness (QED) is 0.485. The van der Waals surface area contributed by atoms with Crippen molar-refractivity contribution in [2.75, 3.05) is 5.08 Å². The summed E-state index contributed by atoms with van der Waals surface area (Å²) in [6.07, 6.45) is 2.79. The number of carbonyl (C=O) groups is 2. The van der Waals surface area contributed by atoms with Gasteiger partial charge in [0.05, 0.1) is 15.8 Å². The van der Waals surface area contributed by atoms with Crippen LogP contribution in [-0.2, 0) is 9.59 Å². The molecule has 0 N–H and O–H groups in total. The summed E-state index contributed by atoms with van der Waals surface area (Å²) in [5, 5.41) is 12.3. The number of thioether (sulfide) groups is 2. The van der Waals surface area contributed by atoms with Gasteiger partial charge in [0.15, 0.2) is 5.78 Å². The highest BCUT2D eigenvalue weighted by molar-refractivity contribution is 8.37. The van der Waals surface area contributed by atoms with Crippen LogP contribution < -0.4 is 5.11 Å². The van der Waals surface area contributed by atoms with Crippen molar-refractivity contribution < 1.29 is 14.7 Å². The van der Waals surface area contributed by atoms with E-state index in [-0.39, 0.29) is 5.57 Å². The van der Waals surface area contributed by atoms with Gasteiger partial charge in [-0.05, 0) is 23.8 Å². The van der Waals surface area contributed by atoms with Crippen molar-refractivity contribution in [3.05, 3.63) is 50.7 Å². The molecule has 6 heteroatoms. The minimum atomic E-state index is -1.43. The van der Waals surface area contributed by atoms with E-state index in [0.29, 0.717) is 9.26 Å². The van der Waals surface area contributed by atoms with Gasteiger partial charge < -0.3 is 9.90 Å². The van der Waals surface area contributed by atoms with E-state index in [2.05, 4.69) is 0 Å². The van der Waals surface area contributed by atoms with Crippen LogP contribution in [0.3, 0.4) is 0 Å². The smallest absolute Gasteiger partial charge is 0.189 e. The number of carboxylic acid groups (broad SMARTS) is 1. The zero-order valence-corrected chi connectivity index (χ0v) is 12.0. The summed E-state index contributed by atoms with van der Waals surface area (Å²) in [4.78, 5) is 22.8. The summed E-state index contributed by atoms with van der Waals surface area (Å²) in [6.45, 7) is 0. The van der Waals surface area contributed by atoms with Gasteiger partial charge in [-0.3, -0.25) is 4.79 Å². The van der Waals surface area contributed by atoms with Gasteiger partial charge in [0.2, 0.25) is 0 Å². The summed E-state index contributed by atoms with van der Waals surface area (Å²) >= 11 is 8.43. The maximum atomic E-state index is 11.8. The first-order valence-electron chi connectivity index (χ1n) is 5.27. The van der Waals surface area contributed by atoms with E-state index >= 15 is 0 Å². The Labute approximate surface area is 123 Å². The Balaban J connectivity index is 2.16. The maximum Gasteiger partial charge on any atom is 0.189 e. The van der Waals surface area contributed by atoms with Gasteiger partial charge in [-0.25, -0.2) is 0 Å². The highest BCUT2D eigenvalue weighted by Gasteiger charge is 2.21. The zero-order chi connectivity index (χ0) is 13.8. The van der Waals surface area contributed by atoms with E-state index in [4.69, 9.17) is 11.6 Å². The molecule has 0 bridgehead atoms. The van der Waals surface area contributed by atoms with E-state index in [9.17, 15) is 14.7 Å². The summed E-state index contributed by atoms with van der Waals surface area (Å²) < 4.78 is 0.519. The van der Waals surface area contributed by atoms with Crippen molar-refractivity contribution in [3.63, 3.8) is 0 Å². The molecule has 1 aromatic carbocycles. The Hall–Kier alpha value is -1.17. The highest BCUT2D eigenvalue weighted by Crippen LogP contribution is 2.45. The second-order valence-electron chi connectivity index (χ2n) is 3.61. The lowest BCUT2D eigenvalue weighted by Gasteiger charge is -2.19. The summed E-state index contributed by atoms with van der Waals surface area (Å²) in [7, 11) is 0. The molecule has 1 saturated heterocycles. The van der Waals surface area contributed by atoms with Crippen LogP contribution in [0.25, 0.3) is 6.08 Å². The van der Waals surface area contributed by atoms with E-state index in [0.717, 1.165) is 10.6 Å². The van der Waals surface area contributed by atoms with Gasteiger partial charge in [-0.2, -0.15) is 0 Å². The van der Waals surface area contributed by atoms with Crippen LogP contribution >= 0.6 is 35.1 Å². The lowest BCUT2D eigenvalue weighted by atomic mass is 10.1. The SMILES string of the molecule is O=C([O-])C(C(=O)/C=C/c1ccc(Cl)cc1)=C1SCS1. The Morgan fingerprint density at radius 1 is 1.21 bits per heavy atom. The normalized spacial score (nSPS) is 14.3. The number of hydrogen-bond acceptors (Lipinski definition) is 5. The molecule has 0 radical (unpaired) electrons. The van der Waals surface area contributed by atoms with Gasteiger partial charge in [-0.1, -0.05) is 29.8 Å². The molecule has 1 aromatic rings. The molecule has 0 atom stereocenters. The number of rotatable bonds is 4. The second kappa shape index (κ2) is 6.32. The van der Waals surface area contributed by atoms with Crippen LogP contribution in [0.2, 0.25) is 5.02 Å². The number of ketones is 1. The molecule has 0 aliphatic carbocycles. The van der Waals surface area contributed by atoms with Crippen molar-refractivity contribution in [1.29, 1.82) is 0 Å². The summed E-state index contributed by atoms with van der Waals surface area (Å²) in [5.41, 5.74) is 0.515. The van der Waals surface area contributed by atoms with E-state index in [1.807, 2.05) is 0 Å². The van der Waals surface area contributed by atoms with Gasteiger partial charge in [0.1, 0.15) is 0 Å². The highest BCUT2D eigenvalue weighted by atomic mass is 35.5. The van der Waals surface area contributed by atoms with Gasteiger partial charge in [-0.15, -0.1) is 23.5 Å². The number of halogens is 1. The molecule has 1 heterocycles. The predicted octanol–water partition coefficient (Wildman–Crippen LogP) is 2.32. The Morgan fingerprint density at radius 3 is 2.32 bits per heavy atom. The standard InChI is InChI=1S/C13H9ClO3S2/c14-9-4-1-8(2-5-9)3-6-10(15)11(12(16)17)13-18-7-19-13/h1-6H,7H2,(H,16,17)/p-1/b6-3+. The summed E-state index contributed by atoms with van der Waals surface area (Å²) in [6, 6.07) is 6.87. The van der Waals surface area contributed by atoms with Crippen LogP contribution in [0.1, 0.15) is 5.56 Å². The molecule has 1 fully saturated rings. The van der Waals surface area contributed by atoms with E-state index in [1.165, 1.54) is 29.6 Å². The van der Waals surface area contributed by atoms with Gasteiger partial charge >= 0.3 is 0 Å². The first-order valence-corrected chi connectivity index (χ1v) is 7.62. The van der Waals surface area contributed by atoms with Gasteiger partial charge in [0, 0.05) is 10.1 Å². The lowest BCUT2D eigenvalue weighted by Crippen LogP contribution is -2.29. The molecule has 98 valence electrons. The fourth-order valence-corrected chi connectivity index (χ4v) is 3.10. The van der Waals surface area contributed by atoms with Crippen molar-refractivity contribution in [3.8, 4) is 0 Å². The number of benzene rings is 1. The van der Waals surface area contributed by atoms with Crippen molar-refractivity contribution in [2.45, 2.75) is 0 Å². The molecule has 19 heavy (non-hydrogen) atoms. The number of allylic oxidation sites excluding steroid dienone is 1.